The van der Waals surface area contributed by atoms with Crippen LogP contribution in [0.25, 0.3) is 0 Å². The molecule has 0 fully saturated rings. The highest BCUT2D eigenvalue weighted by Gasteiger charge is 2.04. The second-order valence-corrected chi connectivity index (χ2v) is 3.13. The molecule has 6 heteroatoms. The average Bonchev–Trinajstić information content (AvgIpc) is 2.16. The Morgan fingerprint density at radius 2 is 2.13 bits per heavy atom. The van der Waals surface area contributed by atoms with E-state index < -0.39 is 0 Å². The van der Waals surface area contributed by atoms with E-state index in [2.05, 4.69) is 9.97 Å². The topological polar surface area (TPSA) is 90.3 Å². The molecular weight excluding hydrogens is 194 g/mol. The lowest BCUT2D eigenvalue weighted by Crippen LogP contribution is -2.24. The summed E-state index contributed by atoms with van der Waals surface area (Å²) >= 11 is 0. The molecule has 0 unspecified atom stereocenters. The lowest BCUT2D eigenvalue weighted by Gasteiger charge is -2.18. The van der Waals surface area contributed by atoms with Crippen molar-refractivity contribution in [2.45, 2.75) is 6.92 Å². The van der Waals surface area contributed by atoms with Gasteiger partial charge in [-0.15, -0.1) is 0 Å². The molecule has 1 heterocycles. The van der Waals surface area contributed by atoms with Gasteiger partial charge in [0.15, 0.2) is 0 Å². The van der Waals surface area contributed by atoms with Crippen LogP contribution in [0.3, 0.4) is 0 Å². The summed E-state index contributed by atoms with van der Waals surface area (Å²) < 4.78 is 5.24. The predicted octanol–water partition coefficient (Wildman–Crippen LogP) is 0.114. The maximum atomic E-state index is 5.56. The van der Waals surface area contributed by atoms with Gasteiger partial charge in [-0.3, -0.25) is 0 Å². The number of aromatic nitrogens is 2. The van der Waals surface area contributed by atoms with Crippen LogP contribution in [0.5, 0.6) is 0 Å². The Labute approximate surface area is 89.2 Å². The van der Waals surface area contributed by atoms with Gasteiger partial charge in [0.2, 0.25) is 5.95 Å². The number of nitrogens with zero attached hydrogens (tertiary/aromatic N) is 3. The van der Waals surface area contributed by atoms with E-state index in [4.69, 9.17) is 16.2 Å². The molecule has 15 heavy (non-hydrogen) atoms. The van der Waals surface area contributed by atoms with Gasteiger partial charge in [-0.2, -0.15) is 9.97 Å². The molecule has 0 radical (unpaired) electrons. The summed E-state index contributed by atoms with van der Waals surface area (Å²) in [4.78, 5) is 9.79. The molecule has 0 atom stereocenters. The van der Waals surface area contributed by atoms with E-state index in [0.717, 1.165) is 6.54 Å². The molecule has 1 aromatic rings. The van der Waals surface area contributed by atoms with Crippen LogP contribution in [0.2, 0.25) is 0 Å². The quantitative estimate of drug-likeness (QED) is 0.672. The minimum Gasteiger partial charge on any atom is -0.383 e. The second kappa shape index (κ2) is 5.35. The molecule has 0 aliphatic heterocycles. The highest BCUT2D eigenvalue weighted by Crippen LogP contribution is 2.12. The fraction of sp³-hybridized carbons (Fsp3) is 0.556. The van der Waals surface area contributed by atoms with E-state index in [-0.39, 0.29) is 5.95 Å². The zero-order valence-electron chi connectivity index (χ0n) is 9.10. The Kier molecular flexibility index (Phi) is 4.11. The average molecular weight is 211 g/mol. The molecule has 0 aliphatic carbocycles. The molecule has 6 nitrogen and oxygen atoms in total. The van der Waals surface area contributed by atoms with Crippen molar-refractivity contribution >= 4 is 17.6 Å². The van der Waals surface area contributed by atoms with Crippen molar-refractivity contribution in [3.8, 4) is 0 Å². The fourth-order valence-corrected chi connectivity index (χ4v) is 1.13. The summed E-state index contributed by atoms with van der Waals surface area (Å²) in [6.45, 7) is 4.06. The van der Waals surface area contributed by atoms with Crippen LogP contribution in [0.4, 0.5) is 17.6 Å². The van der Waals surface area contributed by atoms with Gasteiger partial charge < -0.3 is 21.1 Å². The molecule has 1 aromatic heterocycles. The largest absolute Gasteiger partial charge is 0.383 e. The van der Waals surface area contributed by atoms with Crippen LogP contribution in [-0.2, 0) is 4.74 Å². The van der Waals surface area contributed by atoms with Crippen molar-refractivity contribution in [2.75, 3.05) is 43.2 Å². The summed E-state index contributed by atoms with van der Waals surface area (Å²) in [6, 6.07) is 1.68. The second-order valence-electron chi connectivity index (χ2n) is 3.13. The van der Waals surface area contributed by atoms with E-state index in [1.807, 2.05) is 18.9 Å². The SMILES string of the molecule is CCOCCN(C)c1cc(N)nc(N)n1. The van der Waals surface area contributed by atoms with Gasteiger partial charge in [-0.05, 0) is 6.92 Å². The molecule has 0 aliphatic rings. The van der Waals surface area contributed by atoms with Gasteiger partial charge in [-0.1, -0.05) is 0 Å². The molecule has 4 N–H and O–H groups in total. The molecular formula is C9H17N5O. The number of rotatable bonds is 5. The Morgan fingerprint density at radius 1 is 1.40 bits per heavy atom. The zero-order valence-corrected chi connectivity index (χ0v) is 9.10. The van der Waals surface area contributed by atoms with Crippen molar-refractivity contribution in [3.05, 3.63) is 6.07 Å². The van der Waals surface area contributed by atoms with Crippen molar-refractivity contribution in [3.63, 3.8) is 0 Å². The lowest BCUT2D eigenvalue weighted by molar-refractivity contribution is 0.154. The third kappa shape index (κ3) is 3.59. The smallest absolute Gasteiger partial charge is 0.223 e. The third-order valence-corrected chi connectivity index (χ3v) is 1.92. The highest BCUT2D eigenvalue weighted by atomic mass is 16.5. The van der Waals surface area contributed by atoms with E-state index in [0.29, 0.717) is 24.8 Å². The molecule has 0 bridgehead atoms. The summed E-state index contributed by atoms with van der Waals surface area (Å²) in [5.41, 5.74) is 11.1. The summed E-state index contributed by atoms with van der Waals surface area (Å²) in [5, 5.41) is 0. The lowest BCUT2D eigenvalue weighted by atomic mass is 10.4. The van der Waals surface area contributed by atoms with Crippen LogP contribution < -0.4 is 16.4 Å². The first kappa shape index (κ1) is 11.5. The Balaban J connectivity index is 2.60. The van der Waals surface area contributed by atoms with E-state index in [1.54, 1.807) is 6.07 Å². The summed E-state index contributed by atoms with van der Waals surface area (Å²) in [6.07, 6.45) is 0. The van der Waals surface area contributed by atoms with Crippen LogP contribution in [0, 0.1) is 0 Å². The minimum atomic E-state index is 0.188. The van der Waals surface area contributed by atoms with Gasteiger partial charge in [0.05, 0.1) is 6.61 Å². The summed E-state index contributed by atoms with van der Waals surface area (Å²) in [7, 11) is 1.90. The number of ether oxygens (including phenoxy) is 1. The number of nitrogens with two attached hydrogens (primary N) is 2. The van der Waals surface area contributed by atoms with Gasteiger partial charge in [0.25, 0.3) is 0 Å². The van der Waals surface area contributed by atoms with Crippen molar-refractivity contribution in [1.29, 1.82) is 0 Å². The van der Waals surface area contributed by atoms with Gasteiger partial charge in [0, 0.05) is 26.3 Å². The molecule has 84 valence electrons. The first-order chi connectivity index (χ1) is 7.13. The highest BCUT2D eigenvalue weighted by molar-refractivity contribution is 5.49. The van der Waals surface area contributed by atoms with Crippen LogP contribution >= 0.6 is 0 Å². The maximum Gasteiger partial charge on any atom is 0.223 e. The van der Waals surface area contributed by atoms with E-state index in [1.165, 1.54) is 0 Å². The Morgan fingerprint density at radius 3 is 2.73 bits per heavy atom. The van der Waals surface area contributed by atoms with Crippen LogP contribution in [0.1, 0.15) is 6.92 Å². The number of nitrogen functional groups attached to an aromatic ring is 2. The fourth-order valence-electron chi connectivity index (χ4n) is 1.13. The normalized spacial score (nSPS) is 10.3. The van der Waals surface area contributed by atoms with Crippen LogP contribution in [-0.4, -0.2) is 36.8 Å². The molecule has 0 saturated carbocycles. The number of hydrogen-bond donors (Lipinski definition) is 2. The molecule has 0 aromatic carbocycles. The summed E-state index contributed by atoms with van der Waals surface area (Å²) in [5.74, 6) is 1.27. The minimum absolute atomic E-state index is 0.188. The van der Waals surface area contributed by atoms with Crippen LogP contribution in [0.15, 0.2) is 6.07 Å². The Hall–Kier alpha value is -1.56. The first-order valence-corrected chi connectivity index (χ1v) is 4.82. The molecule has 0 saturated heterocycles. The van der Waals surface area contributed by atoms with Gasteiger partial charge >= 0.3 is 0 Å². The van der Waals surface area contributed by atoms with E-state index >= 15 is 0 Å². The number of anilines is 3. The monoisotopic (exact) mass is 211 g/mol. The van der Waals surface area contributed by atoms with Crippen molar-refractivity contribution in [2.24, 2.45) is 0 Å². The standard InChI is InChI=1S/C9H17N5O/c1-3-15-5-4-14(2)8-6-7(10)12-9(11)13-8/h6H,3-5H2,1-2H3,(H4,10,11,12,13). The molecule has 0 spiro atoms. The predicted molar refractivity (Wildman–Crippen MR) is 60.6 cm³/mol. The number of hydrogen-bond acceptors (Lipinski definition) is 6. The maximum absolute atomic E-state index is 5.56. The van der Waals surface area contributed by atoms with Gasteiger partial charge in [0.1, 0.15) is 11.6 Å². The number of likely N-dealkylation sites (N-methyl/N-ethyl adjacent to an activating group) is 1. The molecule has 0 amide bonds. The van der Waals surface area contributed by atoms with Crippen molar-refractivity contribution in [1.82, 2.24) is 9.97 Å². The first-order valence-electron chi connectivity index (χ1n) is 4.82. The zero-order chi connectivity index (χ0) is 11.3. The van der Waals surface area contributed by atoms with E-state index in [9.17, 15) is 0 Å². The molecule has 1 rings (SSSR count). The Bertz CT molecular complexity index is 297. The van der Waals surface area contributed by atoms with Crippen molar-refractivity contribution < 1.29 is 4.74 Å². The van der Waals surface area contributed by atoms with Gasteiger partial charge in [-0.25, -0.2) is 0 Å². The third-order valence-electron chi connectivity index (χ3n) is 1.92.